The molecule has 2 atom stereocenters. The summed E-state index contributed by atoms with van der Waals surface area (Å²) < 4.78 is 0. The lowest BCUT2D eigenvalue weighted by Crippen LogP contribution is -2.46. The van der Waals surface area contributed by atoms with Crippen molar-refractivity contribution in [3.8, 4) is 0 Å². The molecular formula is C14H25N3O4. The average Bonchev–Trinajstić information content (AvgIpc) is 2.86. The quantitative estimate of drug-likeness (QED) is 0.778. The molecule has 7 nitrogen and oxygen atoms in total. The number of urea groups is 1. The molecule has 120 valence electrons. The lowest BCUT2D eigenvalue weighted by molar-refractivity contribution is -0.141. The Kier molecular flexibility index (Phi) is 5.57. The maximum Gasteiger partial charge on any atom is 0.320 e. The predicted octanol–water partition coefficient (Wildman–Crippen LogP) is 0.607. The fraction of sp³-hybridized carbons (Fsp3) is 0.786. The number of nitrogens with zero attached hydrogens (tertiary/aromatic N) is 2. The molecule has 3 amide bonds. The normalized spacial score (nSPS) is 22.8. The molecule has 1 saturated heterocycles. The molecule has 1 heterocycles. The van der Waals surface area contributed by atoms with E-state index in [1.54, 1.807) is 18.9 Å². The van der Waals surface area contributed by atoms with Crippen molar-refractivity contribution in [3.63, 3.8) is 0 Å². The van der Waals surface area contributed by atoms with E-state index in [4.69, 9.17) is 5.11 Å². The smallest absolute Gasteiger partial charge is 0.320 e. The van der Waals surface area contributed by atoms with E-state index < -0.39 is 17.3 Å². The van der Waals surface area contributed by atoms with Crippen molar-refractivity contribution in [2.75, 3.05) is 33.2 Å². The molecule has 2 unspecified atom stereocenters. The number of carboxylic acid groups (broad SMARTS) is 1. The van der Waals surface area contributed by atoms with Gasteiger partial charge in [0.05, 0.1) is 11.3 Å². The second kappa shape index (κ2) is 6.78. The van der Waals surface area contributed by atoms with Crippen LogP contribution in [-0.4, -0.2) is 66.0 Å². The number of carboxylic acids is 1. The fourth-order valence-electron chi connectivity index (χ4n) is 2.56. The third kappa shape index (κ3) is 3.86. The molecule has 0 aliphatic carbocycles. The van der Waals surface area contributed by atoms with Gasteiger partial charge in [-0.15, -0.1) is 0 Å². The van der Waals surface area contributed by atoms with Gasteiger partial charge in [0.25, 0.3) is 0 Å². The summed E-state index contributed by atoms with van der Waals surface area (Å²) in [4.78, 5) is 38.4. The third-order valence-electron chi connectivity index (χ3n) is 4.09. The highest BCUT2D eigenvalue weighted by Gasteiger charge is 2.42. The highest BCUT2D eigenvalue weighted by Crippen LogP contribution is 2.30. The van der Waals surface area contributed by atoms with Gasteiger partial charge in [-0.25, -0.2) is 4.79 Å². The van der Waals surface area contributed by atoms with Gasteiger partial charge in [0.1, 0.15) is 0 Å². The van der Waals surface area contributed by atoms with Gasteiger partial charge in [0.15, 0.2) is 0 Å². The van der Waals surface area contributed by atoms with Crippen LogP contribution in [0.5, 0.6) is 0 Å². The first-order valence-electron chi connectivity index (χ1n) is 7.24. The molecule has 1 rings (SSSR count). The molecule has 0 aromatic carbocycles. The van der Waals surface area contributed by atoms with Crippen LogP contribution in [0.3, 0.4) is 0 Å². The van der Waals surface area contributed by atoms with Crippen molar-refractivity contribution < 1.29 is 19.5 Å². The number of carbonyl (C=O) groups excluding carboxylic acids is 2. The summed E-state index contributed by atoms with van der Waals surface area (Å²) >= 11 is 0. The van der Waals surface area contributed by atoms with Gasteiger partial charge in [-0.1, -0.05) is 6.92 Å². The van der Waals surface area contributed by atoms with E-state index in [0.717, 1.165) is 0 Å². The van der Waals surface area contributed by atoms with Gasteiger partial charge in [-0.05, 0) is 20.3 Å². The molecule has 1 fully saturated rings. The third-order valence-corrected chi connectivity index (χ3v) is 4.09. The minimum absolute atomic E-state index is 0.0697. The second-order valence-electron chi connectivity index (χ2n) is 5.87. The first-order chi connectivity index (χ1) is 9.75. The summed E-state index contributed by atoms with van der Waals surface area (Å²) in [5.74, 6) is -1.60. The van der Waals surface area contributed by atoms with Crippen LogP contribution in [0.15, 0.2) is 0 Å². The zero-order chi connectivity index (χ0) is 16.2. The van der Waals surface area contributed by atoms with E-state index in [0.29, 0.717) is 26.1 Å². The Balaban J connectivity index is 2.70. The minimum atomic E-state index is -0.919. The van der Waals surface area contributed by atoms with Crippen LogP contribution in [0.1, 0.15) is 27.2 Å². The van der Waals surface area contributed by atoms with Gasteiger partial charge in [-0.2, -0.15) is 0 Å². The highest BCUT2D eigenvalue weighted by molar-refractivity contribution is 5.84. The van der Waals surface area contributed by atoms with E-state index in [1.807, 2.05) is 13.8 Å². The van der Waals surface area contributed by atoms with E-state index >= 15 is 0 Å². The average molecular weight is 299 g/mol. The summed E-state index contributed by atoms with van der Waals surface area (Å²) in [6.45, 7) is 6.75. The highest BCUT2D eigenvalue weighted by atomic mass is 16.4. The van der Waals surface area contributed by atoms with Crippen LogP contribution in [0.2, 0.25) is 0 Å². The van der Waals surface area contributed by atoms with Crippen LogP contribution in [-0.2, 0) is 9.59 Å². The Bertz CT molecular complexity index is 426. The van der Waals surface area contributed by atoms with Crippen molar-refractivity contribution in [3.05, 3.63) is 0 Å². The maximum absolute atomic E-state index is 12.5. The molecule has 1 aliphatic rings. The van der Waals surface area contributed by atoms with E-state index in [2.05, 4.69) is 5.32 Å². The molecular weight excluding hydrogens is 274 g/mol. The minimum Gasteiger partial charge on any atom is -0.481 e. The summed E-state index contributed by atoms with van der Waals surface area (Å²) in [6, 6.07) is -0.196. The number of likely N-dealkylation sites (tertiary alicyclic amines) is 1. The lowest BCUT2D eigenvalue weighted by atomic mass is 9.89. The summed E-state index contributed by atoms with van der Waals surface area (Å²) in [5.41, 5.74) is -0.567. The molecule has 0 spiro atoms. The summed E-state index contributed by atoms with van der Waals surface area (Å²) in [5, 5.41) is 11.6. The number of rotatable bonds is 5. The first-order valence-corrected chi connectivity index (χ1v) is 7.24. The van der Waals surface area contributed by atoms with Gasteiger partial charge >= 0.3 is 12.0 Å². The topological polar surface area (TPSA) is 90.0 Å². The second-order valence-corrected chi connectivity index (χ2v) is 5.87. The van der Waals surface area contributed by atoms with Crippen molar-refractivity contribution >= 4 is 17.9 Å². The van der Waals surface area contributed by atoms with Crippen molar-refractivity contribution in [1.82, 2.24) is 15.1 Å². The number of amides is 3. The van der Waals surface area contributed by atoms with Gasteiger partial charge in [0.2, 0.25) is 5.91 Å². The summed E-state index contributed by atoms with van der Waals surface area (Å²) in [6.07, 6.45) is 0.616. The van der Waals surface area contributed by atoms with Crippen LogP contribution in [0, 0.1) is 11.3 Å². The Hall–Kier alpha value is -1.79. The number of nitrogens with one attached hydrogen (secondary N) is 1. The number of carbonyl (C=O) groups is 3. The van der Waals surface area contributed by atoms with Gasteiger partial charge in [0, 0.05) is 33.2 Å². The maximum atomic E-state index is 12.5. The largest absolute Gasteiger partial charge is 0.481 e. The van der Waals surface area contributed by atoms with Crippen molar-refractivity contribution in [2.24, 2.45) is 11.3 Å². The molecule has 0 aromatic rings. The molecule has 2 N–H and O–H groups in total. The fourth-order valence-corrected chi connectivity index (χ4v) is 2.56. The van der Waals surface area contributed by atoms with Gasteiger partial charge in [-0.3, -0.25) is 9.59 Å². The molecule has 0 aromatic heterocycles. The Morgan fingerprint density at radius 3 is 2.52 bits per heavy atom. The van der Waals surface area contributed by atoms with Crippen LogP contribution >= 0.6 is 0 Å². The molecule has 0 bridgehead atoms. The van der Waals surface area contributed by atoms with Crippen molar-refractivity contribution in [2.45, 2.75) is 27.2 Å². The number of aliphatic carboxylic acids is 1. The van der Waals surface area contributed by atoms with E-state index in [9.17, 15) is 14.4 Å². The Morgan fingerprint density at radius 2 is 2.05 bits per heavy atom. The molecule has 7 heteroatoms. The molecule has 0 saturated carbocycles. The van der Waals surface area contributed by atoms with Crippen LogP contribution < -0.4 is 5.32 Å². The van der Waals surface area contributed by atoms with E-state index in [-0.39, 0.29) is 18.5 Å². The van der Waals surface area contributed by atoms with Crippen molar-refractivity contribution in [1.29, 1.82) is 0 Å². The zero-order valence-corrected chi connectivity index (χ0v) is 13.2. The SMILES string of the molecule is CCN(CC(C)C(=O)O)C(=O)N1CCC(C)(C(=O)NC)C1. The Morgan fingerprint density at radius 1 is 1.43 bits per heavy atom. The summed E-state index contributed by atoms with van der Waals surface area (Å²) in [7, 11) is 1.59. The molecule has 21 heavy (non-hydrogen) atoms. The Labute approximate surface area is 125 Å². The predicted molar refractivity (Wildman–Crippen MR) is 77.8 cm³/mol. The number of hydrogen-bond donors (Lipinski definition) is 2. The van der Waals surface area contributed by atoms with Crippen LogP contribution in [0.4, 0.5) is 4.79 Å². The first kappa shape index (κ1) is 17.3. The number of hydrogen-bond acceptors (Lipinski definition) is 3. The zero-order valence-electron chi connectivity index (χ0n) is 13.2. The molecule has 1 aliphatic heterocycles. The van der Waals surface area contributed by atoms with Crippen LogP contribution in [0.25, 0.3) is 0 Å². The van der Waals surface area contributed by atoms with E-state index in [1.165, 1.54) is 4.90 Å². The monoisotopic (exact) mass is 299 g/mol. The molecule has 0 radical (unpaired) electrons. The standard InChI is InChI=1S/C14H25N3O4/c1-5-16(8-10(2)11(18)19)13(21)17-7-6-14(3,9-17)12(20)15-4/h10H,5-9H2,1-4H3,(H,15,20)(H,18,19). The lowest BCUT2D eigenvalue weighted by Gasteiger charge is -2.29. The van der Waals surface area contributed by atoms with Gasteiger partial charge < -0.3 is 20.2 Å².